The molecule has 1 fully saturated rings. The largest absolute Gasteiger partial charge is 0.497 e. The highest BCUT2D eigenvalue weighted by atomic mass is 16.5. The number of carbonyl (C=O) groups excluding carboxylic acids is 1. The van der Waals surface area contributed by atoms with Crippen molar-refractivity contribution < 1.29 is 9.53 Å². The van der Waals surface area contributed by atoms with Crippen molar-refractivity contribution in [3.63, 3.8) is 0 Å². The number of rotatable bonds is 3. The molecule has 1 heterocycles. The van der Waals surface area contributed by atoms with E-state index in [0.29, 0.717) is 5.69 Å². The topological polar surface area (TPSA) is 66.2 Å². The van der Waals surface area contributed by atoms with Crippen molar-refractivity contribution in [1.29, 1.82) is 5.26 Å². The van der Waals surface area contributed by atoms with E-state index in [1.54, 1.807) is 20.2 Å². The number of amides is 1. The normalized spacial score (nSPS) is 15.7. The molecule has 1 aromatic carbocycles. The van der Waals surface area contributed by atoms with Gasteiger partial charge in [0.15, 0.2) is 0 Å². The van der Waals surface area contributed by atoms with E-state index >= 15 is 0 Å². The Hall–Kier alpha value is -2.61. The van der Waals surface area contributed by atoms with Gasteiger partial charge >= 0.3 is 0 Å². The second-order valence-electron chi connectivity index (χ2n) is 5.62. The van der Waals surface area contributed by atoms with Gasteiger partial charge in [0.2, 0.25) is 0 Å². The smallest absolute Gasteiger partial charge is 0.273 e. The predicted octanol–water partition coefficient (Wildman–Crippen LogP) is 2.76. The van der Waals surface area contributed by atoms with Crippen molar-refractivity contribution in [2.24, 2.45) is 0 Å². The van der Waals surface area contributed by atoms with Gasteiger partial charge in [-0.25, -0.2) is 4.98 Å². The van der Waals surface area contributed by atoms with Gasteiger partial charge in [0, 0.05) is 12.4 Å². The third kappa shape index (κ3) is 2.17. The van der Waals surface area contributed by atoms with Gasteiger partial charge < -0.3 is 9.64 Å². The van der Waals surface area contributed by atoms with Crippen molar-refractivity contribution in [2.75, 3.05) is 14.2 Å². The fourth-order valence-electron chi connectivity index (χ4n) is 2.75. The van der Waals surface area contributed by atoms with Gasteiger partial charge in [0.25, 0.3) is 5.91 Å². The number of hydrogen-bond acceptors (Lipinski definition) is 4. The number of benzene rings is 1. The summed E-state index contributed by atoms with van der Waals surface area (Å²) in [7, 11) is 3.30. The van der Waals surface area contributed by atoms with Crippen LogP contribution in [0.2, 0.25) is 0 Å². The summed E-state index contributed by atoms with van der Waals surface area (Å²) in [6, 6.07) is 11.4. The molecule has 5 nitrogen and oxygen atoms in total. The van der Waals surface area contributed by atoms with Crippen LogP contribution in [0.5, 0.6) is 5.75 Å². The van der Waals surface area contributed by atoms with Crippen molar-refractivity contribution >= 4 is 16.8 Å². The van der Waals surface area contributed by atoms with E-state index < -0.39 is 5.54 Å². The van der Waals surface area contributed by atoms with Gasteiger partial charge in [0.1, 0.15) is 17.0 Å². The molecule has 0 radical (unpaired) electrons. The van der Waals surface area contributed by atoms with Crippen molar-refractivity contribution in [1.82, 2.24) is 9.88 Å². The van der Waals surface area contributed by atoms with Crippen LogP contribution < -0.4 is 4.74 Å². The van der Waals surface area contributed by atoms with E-state index in [-0.39, 0.29) is 5.91 Å². The van der Waals surface area contributed by atoms with Crippen LogP contribution in [0.1, 0.15) is 29.8 Å². The molecule has 0 bridgehead atoms. The van der Waals surface area contributed by atoms with Crippen LogP contribution in [0.4, 0.5) is 0 Å². The van der Waals surface area contributed by atoms with Gasteiger partial charge in [-0.05, 0) is 43.5 Å². The number of aromatic nitrogens is 1. The van der Waals surface area contributed by atoms with E-state index in [1.165, 1.54) is 4.90 Å². The van der Waals surface area contributed by atoms with Gasteiger partial charge in [-0.1, -0.05) is 6.07 Å². The van der Waals surface area contributed by atoms with Gasteiger partial charge in [-0.15, -0.1) is 0 Å². The van der Waals surface area contributed by atoms with Crippen LogP contribution in [0.25, 0.3) is 10.9 Å². The average Bonchev–Trinajstić information content (AvgIpc) is 2.52. The Labute approximate surface area is 129 Å². The molecule has 0 N–H and O–H groups in total. The summed E-state index contributed by atoms with van der Waals surface area (Å²) in [4.78, 5) is 18.6. The standard InChI is InChI=1S/C17H17N3O2/c1-20(17(11-18)8-3-9-17)16(21)15-6-4-12-10-13(22-2)5-7-14(12)19-15/h4-7,10H,3,8-9H2,1-2H3. The summed E-state index contributed by atoms with van der Waals surface area (Å²) in [5.74, 6) is 0.544. The molecule has 1 aliphatic rings. The molecule has 1 amide bonds. The molecule has 1 aromatic heterocycles. The average molecular weight is 295 g/mol. The minimum absolute atomic E-state index is 0.209. The van der Waals surface area contributed by atoms with Gasteiger partial charge in [-0.3, -0.25) is 4.79 Å². The molecule has 0 atom stereocenters. The van der Waals surface area contributed by atoms with E-state index in [9.17, 15) is 10.1 Å². The zero-order chi connectivity index (χ0) is 15.7. The maximum atomic E-state index is 12.6. The number of nitriles is 1. The second kappa shape index (κ2) is 5.30. The molecule has 1 aliphatic carbocycles. The Bertz CT molecular complexity index is 775. The number of methoxy groups -OCH3 is 1. The van der Waals surface area contributed by atoms with Gasteiger partial charge in [0.05, 0.1) is 18.7 Å². The first-order valence-electron chi connectivity index (χ1n) is 7.24. The first kappa shape index (κ1) is 14.3. The number of fused-ring (bicyclic) bond motifs is 1. The molecular formula is C17H17N3O2. The molecule has 0 saturated heterocycles. The molecule has 2 aromatic rings. The lowest BCUT2D eigenvalue weighted by molar-refractivity contribution is 0.0492. The zero-order valence-corrected chi connectivity index (χ0v) is 12.7. The molecule has 112 valence electrons. The number of hydrogen-bond donors (Lipinski definition) is 0. The van der Waals surface area contributed by atoms with Crippen LogP contribution >= 0.6 is 0 Å². The summed E-state index contributed by atoms with van der Waals surface area (Å²) in [5, 5.41) is 10.3. The molecule has 0 spiro atoms. The first-order chi connectivity index (χ1) is 10.6. The highest BCUT2D eigenvalue weighted by Gasteiger charge is 2.43. The third-order valence-electron chi connectivity index (χ3n) is 4.45. The third-order valence-corrected chi connectivity index (χ3v) is 4.45. The Balaban J connectivity index is 1.93. The maximum Gasteiger partial charge on any atom is 0.273 e. The lowest BCUT2D eigenvalue weighted by Gasteiger charge is -2.42. The zero-order valence-electron chi connectivity index (χ0n) is 12.7. The summed E-state index contributed by atoms with van der Waals surface area (Å²) >= 11 is 0. The van der Waals surface area contributed by atoms with E-state index in [0.717, 1.165) is 35.9 Å². The predicted molar refractivity (Wildman–Crippen MR) is 82.6 cm³/mol. The molecule has 1 saturated carbocycles. The summed E-state index contributed by atoms with van der Waals surface area (Å²) in [6.45, 7) is 0. The Morgan fingerprint density at radius 2 is 2.14 bits per heavy atom. The Morgan fingerprint density at radius 1 is 1.36 bits per heavy atom. The maximum absolute atomic E-state index is 12.6. The Morgan fingerprint density at radius 3 is 2.73 bits per heavy atom. The van der Waals surface area contributed by atoms with E-state index in [4.69, 9.17) is 4.74 Å². The lowest BCUT2D eigenvalue weighted by atomic mass is 9.76. The summed E-state index contributed by atoms with van der Waals surface area (Å²) in [6.07, 6.45) is 2.45. The number of nitrogens with zero attached hydrogens (tertiary/aromatic N) is 3. The minimum Gasteiger partial charge on any atom is -0.497 e. The van der Waals surface area contributed by atoms with Crippen LogP contribution in [0.3, 0.4) is 0 Å². The SMILES string of the molecule is COc1ccc2nc(C(=O)N(C)C3(C#N)CCC3)ccc2c1. The van der Waals surface area contributed by atoms with Crippen LogP contribution in [-0.2, 0) is 0 Å². The molecule has 22 heavy (non-hydrogen) atoms. The van der Waals surface area contributed by atoms with Crippen LogP contribution in [-0.4, -0.2) is 35.5 Å². The molecule has 5 heteroatoms. The minimum atomic E-state index is -0.659. The number of carbonyl (C=O) groups is 1. The highest BCUT2D eigenvalue weighted by molar-refractivity contribution is 5.95. The highest BCUT2D eigenvalue weighted by Crippen LogP contribution is 2.37. The second-order valence-corrected chi connectivity index (χ2v) is 5.62. The van der Waals surface area contributed by atoms with Crippen LogP contribution in [0.15, 0.2) is 30.3 Å². The van der Waals surface area contributed by atoms with Crippen LogP contribution in [0, 0.1) is 11.3 Å². The fraction of sp³-hybridized carbons (Fsp3) is 0.353. The molecule has 0 aliphatic heterocycles. The molecular weight excluding hydrogens is 278 g/mol. The van der Waals surface area contributed by atoms with Crippen molar-refractivity contribution in [3.8, 4) is 11.8 Å². The molecule has 0 unspecified atom stereocenters. The Kier molecular flexibility index (Phi) is 3.45. The fourth-order valence-corrected chi connectivity index (χ4v) is 2.75. The number of ether oxygens (including phenoxy) is 1. The lowest BCUT2D eigenvalue weighted by Crippen LogP contribution is -2.53. The number of pyridine rings is 1. The summed E-state index contributed by atoms with van der Waals surface area (Å²) < 4.78 is 5.18. The summed E-state index contributed by atoms with van der Waals surface area (Å²) in [5.41, 5.74) is 0.439. The van der Waals surface area contributed by atoms with Crippen molar-refractivity contribution in [3.05, 3.63) is 36.0 Å². The monoisotopic (exact) mass is 295 g/mol. The van der Waals surface area contributed by atoms with E-state index in [1.807, 2.05) is 24.3 Å². The van der Waals surface area contributed by atoms with E-state index in [2.05, 4.69) is 11.1 Å². The quantitative estimate of drug-likeness (QED) is 0.873. The molecule has 3 rings (SSSR count). The first-order valence-corrected chi connectivity index (χ1v) is 7.24. The van der Waals surface area contributed by atoms with Gasteiger partial charge in [-0.2, -0.15) is 5.26 Å². The van der Waals surface area contributed by atoms with Crippen molar-refractivity contribution in [2.45, 2.75) is 24.8 Å².